The summed E-state index contributed by atoms with van der Waals surface area (Å²) in [5, 5.41) is 2.29. The van der Waals surface area contributed by atoms with E-state index >= 15 is 0 Å². The Kier molecular flexibility index (Phi) is 16.5. The Morgan fingerprint density at radius 2 is 1.79 bits per heavy atom. The van der Waals surface area contributed by atoms with Crippen LogP contribution in [0.15, 0.2) is 70.9 Å². The molecular formula is C30H42N2O2. The number of primary amides is 1. The maximum Gasteiger partial charge on any atom is 0.249 e. The van der Waals surface area contributed by atoms with Gasteiger partial charge in [0.2, 0.25) is 5.91 Å². The number of ether oxygens (including phenoxy) is 1. The summed E-state index contributed by atoms with van der Waals surface area (Å²) in [4.78, 5) is 15.6. The average molecular weight is 463 g/mol. The summed E-state index contributed by atoms with van der Waals surface area (Å²) in [5.41, 5.74) is 9.86. The molecule has 4 heteroatoms. The van der Waals surface area contributed by atoms with Crippen LogP contribution in [0.2, 0.25) is 0 Å². The van der Waals surface area contributed by atoms with Gasteiger partial charge in [0.1, 0.15) is 0 Å². The van der Waals surface area contributed by atoms with Crippen LogP contribution in [0.3, 0.4) is 0 Å². The van der Waals surface area contributed by atoms with Gasteiger partial charge in [0.15, 0.2) is 0 Å². The number of allylic oxidation sites excluding steroid dienone is 3. The van der Waals surface area contributed by atoms with Gasteiger partial charge in [-0.2, -0.15) is 0 Å². The highest BCUT2D eigenvalue weighted by molar-refractivity contribution is 5.95. The van der Waals surface area contributed by atoms with Gasteiger partial charge in [-0.05, 0) is 55.7 Å². The van der Waals surface area contributed by atoms with E-state index in [9.17, 15) is 4.79 Å². The Balaban J connectivity index is 0.000000633. The minimum absolute atomic E-state index is 0.344. The van der Waals surface area contributed by atoms with Crippen LogP contribution in [0.1, 0.15) is 69.4 Å². The standard InChI is InChI=1S/C15H20N2O2.C13H16.C2H6/c1-4-13(17-5-2)10-19-9-12-8-6-7-11(3)14(12)15(16)18;1-4-11(2)9-10-13-8-6-5-7-12(13)3;1-2/h4-8H,9-10H2,1-3H3,(H2,16,18);5-10H,3-4H2,1-2H3;1-2H3/b13-4-,17-5?;11-9+,13-10-;. The van der Waals surface area contributed by atoms with E-state index in [0.29, 0.717) is 18.8 Å². The molecule has 2 N–H and O–H groups in total. The van der Waals surface area contributed by atoms with Gasteiger partial charge in [0.05, 0.1) is 18.9 Å². The summed E-state index contributed by atoms with van der Waals surface area (Å²) in [7, 11) is 0. The van der Waals surface area contributed by atoms with Gasteiger partial charge < -0.3 is 10.5 Å². The molecule has 0 heterocycles. The highest BCUT2D eigenvalue weighted by atomic mass is 16.5. The molecule has 0 atom stereocenters. The Morgan fingerprint density at radius 1 is 1.12 bits per heavy atom. The van der Waals surface area contributed by atoms with Gasteiger partial charge in [-0.25, -0.2) is 0 Å². The maximum atomic E-state index is 11.4. The minimum atomic E-state index is -0.422. The first-order chi connectivity index (χ1) is 16.3. The third kappa shape index (κ3) is 11.6. The first-order valence-corrected chi connectivity index (χ1v) is 11.8. The molecule has 0 aliphatic rings. The number of carbonyl (C=O) groups excluding carboxylic acids is 1. The van der Waals surface area contributed by atoms with E-state index < -0.39 is 5.91 Å². The summed E-state index contributed by atoms with van der Waals surface area (Å²) < 4.78 is 5.58. The molecular weight excluding hydrogens is 420 g/mol. The van der Waals surface area contributed by atoms with Crippen molar-refractivity contribution >= 4 is 24.8 Å². The smallest absolute Gasteiger partial charge is 0.249 e. The molecule has 34 heavy (non-hydrogen) atoms. The van der Waals surface area contributed by atoms with Gasteiger partial charge in [0.25, 0.3) is 0 Å². The fourth-order valence-electron chi connectivity index (χ4n) is 2.87. The SMILES string of the molecule is C=c1cccc/c1=C/C=C(\C)CC.CC.CC=N/C(=C\C)COCc1cccc(C)c1C(N)=O. The van der Waals surface area contributed by atoms with Crippen LogP contribution in [-0.2, 0) is 11.3 Å². The Bertz CT molecular complexity index is 1080. The molecule has 2 aromatic rings. The zero-order valence-corrected chi connectivity index (χ0v) is 22.0. The van der Waals surface area contributed by atoms with E-state index in [1.54, 1.807) is 6.21 Å². The van der Waals surface area contributed by atoms with Crippen molar-refractivity contribution in [3.8, 4) is 0 Å². The fourth-order valence-corrected chi connectivity index (χ4v) is 2.87. The van der Waals surface area contributed by atoms with Crippen molar-refractivity contribution in [1.82, 2.24) is 0 Å². The van der Waals surface area contributed by atoms with Crippen LogP contribution >= 0.6 is 0 Å². The lowest BCUT2D eigenvalue weighted by Crippen LogP contribution is -2.21. The second-order valence-electron chi connectivity index (χ2n) is 7.37. The number of aliphatic imine (C=N–C) groups is 1. The summed E-state index contributed by atoms with van der Waals surface area (Å²) in [6.45, 7) is 18.7. The summed E-state index contributed by atoms with van der Waals surface area (Å²) >= 11 is 0. The molecule has 2 rings (SSSR count). The third-order valence-electron chi connectivity index (χ3n) is 4.90. The van der Waals surface area contributed by atoms with Crippen molar-refractivity contribution in [3.63, 3.8) is 0 Å². The Hall–Kier alpha value is -3.24. The summed E-state index contributed by atoms with van der Waals surface area (Å²) in [6, 6.07) is 13.8. The zero-order chi connectivity index (χ0) is 25.9. The van der Waals surface area contributed by atoms with E-state index in [0.717, 1.165) is 28.5 Å². The largest absolute Gasteiger partial charge is 0.370 e. The molecule has 2 aromatic carbocycles. The van der Waals surface area contributed by atoms with Crippen LogP contribution in [0.25, 0.3) is 12.7 Å². The van der Waals surface area contributed by atoms with Crippen LogP contribution in [-0.4, -0.2) is 18.7 Å². The monoisotopic (exact) mass is 462 g/mol. The molecule has 0 spiro atoms. The molecule has 0 unspecified atom stereocenters. The lowest BCUT2D eigenvalue weighted by atomic mass is 10.0. The summed E-state index contributed by atoms with van der Waals surface area (Å²) in [5.74, 6) is -0.422. The molecule has 0 bridgehead atoms. The number of hydrogen-bond acceptors (Lipinski definition) is 3. The molecule has 0 radical (unpaired) electrons. The Morgan fingerprint density at radius 3 is 2.35 bits per heavy atom. The predicted octanol–water partition coefficient (Wildman–Crippen LogP) is 5.86. The van der Waals surface area contributed by atoms with E-state index in [1.807, 2.05) is 77.1 Å². The first kappa shape index (κ1) is 30.8. The minimum Gasteiger partial charge on any atom is -0.370 e. The van der Waals surface area contributed by atoms with Gasteiger partial charge in [-0.15, -0.1) is 0 Å². The number of rotatable bonds is 8. The number of nitrogens with two attached hydrogens (primary N) is 1. The molecule has 4 nitrogen and oxygen atoms in total. The van der Waals surface area contributed by atoms with Crippen LogP contribution in [0, 0.1) is 6.92 Å². The fraction of sp³-hybridized carbons (Fsp3) is 0.333. The van der Waals surface area contributed by atoms with Gasteiger partial charge in [-0.1, -0.05) is 93.6 Å². The van der Waals surface area contributed by atoms with Crippen LogP contribution < -0.4 is 16.2 Å². The number of carbonyl (C=O) groups is 1. The zero-order valence-electron chi connectivity index (χ0n) is 22.0. The second kappa shape index (κ2) is 18.2. The van der Waals surface area contributed by atoms with Crippen molar-refractivity contribution < 1.29 is 9.53 Å². The molecule has 184 valence electrons. The van der Waals surface area contributed by atoms with Crippen molar-refractivity contribution in [3.05, 3.63) is 93.0 Å². The number of amides is 1. The second-order valence-corrected chi connectivity index (χ2v) is 7.37. The number of aryl methyl sites for hydroxylation is 1. The topological polar surface area (TPSA) is 64.7 Å². The molecule has 0 saturated carbocycles. The number of hydrogen-bond donors (Lipinski definition) is 1. The van der Waals surface area contributed by atoms with E-state index in [2.05, 4.69) is 43.6 Å². The summed E-state index contributed by atoms with van der Waals surface area (Å²) in [6.07, 6.45) is 9.01. The Labute approximate surface area is 206 Å². The van der Waals surface area contributed by atoms with E-state index in [4.69, 9.17) is 10.5 Å². The highest BCUT2D eigenvalue weighted by Gasteiger charge is 2.10. The van der Waals surface area contributed by atoms with Crippen molar-refractivity contribution in [2.45, 2.75) is 61.5 Å². The van der Waals surface area contributed by atoms with Crippen LogP contribution in [0.4, 0.5) is 0 Å². The molecule has 0 aliphatic carbocycles. The lowest BCUT2D eigenvalue weighted by Gasteiger charge is -2.10. The van der Waals surface area contributed by atoms with Crippen molar-refractivity contribution in [2.24, 2.45) is 10.7 Å². The van der Waals surface area contributed by atoms with E-state index in [-0.39, 0.29) is 0 Å². The molecule has 0 aromatic heterocycles. The predicted molar refractivity (Wildman–Crippen MR) is 148 cm³/mol. The lowest BCUT2D eigenvalue weighted by molar-refractivity contribution is 0.0990. The van der Waals surface area contributed by atoms with Crippen molar-refractivity contribution in [2.75, 3.05) is 6.61 Å². The first-order valence-electron chi connectivity index (χ1n) is 11.8. The molecule has 0 fully saturated rings. The molecule has 1 amide bonds. The highest BCUT2D eigenvalue weighted by Crippen LogP contribution is 2.15. The van der Waals surface area contributed by atoms with E-state index in [1.165, 1.54) is 10.8 Å². The van der Waals surface area contributed by atoms with Crippen molar-refractivity contribution in [1.29, 1.82) is 0 Å². The normalized spacial score (nSPS) is 12.0. The van der Waals surface area contributed by atoms with Gasteiger partial charge in [0, 0.05) is 11.8 Å². The average Bonchev–Trinajstić information content (AvgIpc) is 2.84. The third-order valence-corrected chi connectivity index (χ3v) is 4.90. The maximum absolute atomic E-state index is 11.4. The van der Waals surface area contributed by atoms with Gasteiger partial charge >= 0.3 is 0 Å². The molecule has 0 saturated heterocycles. The molecule has 0 aliphatic heterocycles. The van der Waals surface area contributed by atoms with Gasteiger partial charge in [-0.3, -0.25) is 9.79 Å². The number of nitrogens with zero attached hydrogens (tertiary/aromatic N) is 1. The van der Waals surface area contributed by atoms with Crippen LogP contribution in [0.5, 0.6) is 0 Å². The number of benzene rings is 2. The quantitative estimate of drug-likeness (QED) is 0.499.